The average Bonchev–Trinajstić information content (AvgIpc) is 3.23. The van der Waals surface area contributed by atoms with Crippen LogP contribution in [-0.4, -0.2) is 43.1 Å². The summed E-state index contributed by atoms with van der Waals surface area (Å²) in [5, 5.41) is 38.3. The van der Waals surface area contributed by atoms with Gasteiger partial charge in [-0.3, -0.25) is 15.0 Å². The third-order valence-corrected chi connectivity index (χ3v) is 6.56. The summed E-state index contributed by atoms with van der Waals surface area (Å²) < 4.78 is 0. The molecule has 4 rings (SSSR count). The highest BCUT2D eigenvalue weighted by atomic mass is 35.5. The van der Waals surface area contributed by atoms with Crippen LogP contribution in [0, 0.1) is 5.41 Å². The quantitative estimate of drug-likeness (QED) is 0.101. The van der Waals surface area contributed by atoms with Crippen molar-refractivity contribution in [1.82, 2.24) is 9.97 Å². The Kier molecular flexibility index (Phi) is 6.81. The molecular weight excluding hydrogens is 531 g/mol. The number of nitrogens with one attached hydrogen (secondary N) is 2. The maximum absolute atomic E-state index is 12.0. The van der Waals surface area contributed by atoms with E-state index in [4.69, 9.17) is 45.9 Å². The first-order chi connectivity index (χ1) is 17.0. The normalized spacial score (nSPS) is 12.0. The van der Waals surface area contributed by atoms with Crippen LogP contribution >= 0.6 is 34.8 Å². The van der Waals surface area contributed by atoms with E-state index in [9.17, 15) is 24.9 Å². The summed E-state index contributed by atoms with van der Waals surface area (Å²) in [6.07, 6.45) is -0.703. The van der Waals surface area contributed by atoms with Gasteiger partial charge in [-0.15, -0.1) is 0 Å². The van der Waals surface area contributed by atoms with Gasteiger partial charge in [-0.25, -0.2) is 4.98 Å². The summed E-state index contributed by atoms with van der Waals surface area (Å²) in [6, 6.07) is 10.4. The number of aromatic nitrogens is 2. The number of halogens is 3. The number of carbonyl (C=O) groups is 2. The summed E-state index contributed by atoms with van der Waals surface area (Å²) in [7, 11) is 0. The Bertz CT molecular complexity index is 1570. The number of benzene rings is 3. The van der Waals surface area contributed by atoms with Gasteiger partial charge in [-0.1, -0.05) is 34.8 Å². The number of aliphatic carboxylic acids is 2. The van der Waals surface area contributed by atoms with E-state index in [0.29, 0.717) is 16.6 Å². The van der Waals surface area contributed by atoms with Crippen molar-refractivity contribution in [3.63, 3.8) is 0 Å². The average molecular weight is 548 g/mol. The van der Waals surface area contributed by atoms with Crippen LogP contribution in [0.2, 0.25) is 15.1 Å². The third-order valence-electron chi connectivity index (χ3n) is 5.54. The number of rotatable bonds is 7. The van der Waals surface area contributed by atoms with Crippen LogP contribution in [0.25, 0.3) is 33.5 Å². The highest BCUT2D eigenvalue weighted by Gasteiger charge is 2.27. The lowest BCUT2D eigenvalue weighted by molar-refractivity contribution is -0.145. The summed E-state index contributed by atoms with van der Waals surface area (Å²) in [5.74, 6) is -4.44. The third kappa shape index (κ3) is 4.81. The second-order valence-electron chi connectivity index (χ2n) is 7.93. The Hall–Kier alpha value is -3.79. The molecule has 0 bridgehead atoms. The molecule has 0 saturated heterocycles. The Labute approximate surface area is 218 Å². The minimum Gasteiger partial charge on any atom is -0.507 e. The molecule has 0 aliphatic rings. The van der Waals surface area contributed by atoms with Crippen molar-refractivity contribution >= 4 is 63.6 Å². The van der Waals surface area contributed by atoms with Crippen molar-refractivity contribution in [2.24, 2.45) is 5.73 Å². The van der Waals surface area contributed by atoms with E-state index in [1.807, 2.05) is 0 Å². The molecule has 184 valence electrons. The van der Waals surface area contributed by atoms with Gasteiger partial charge in [0.2, 0.25) is 0 Å². The topological polar surface area (TPSA) is 173 Å². The van der Waals surface area contributed by atoms with Crippen LogP contribution in [0.15, 0.2) is 42.5 Å². The highest BCUT2D eigenvalue weighted by molar-refractivity contribution is 6.45. The molecule has 9 nitrogen and oxygen atoms in total. The number of hydrogen-bond donors (Lipinski definition) is 6. The van der Waals surface area contributed by atoms with Crippen LogP contribution in [0.3, 0.4) is 0 Å². The fraction of sp³-hybridized carbons (Fsp3) is 0.0833. The fourth-order valence-electron chi connectivity index (χ4n) is 3.82. The number of carboxylic acid groups (broad SMARTS) is 2. The smallest absolute Gasteiger partial charge is 0.311 e. The lowest BCUT2D eigenvalue weighted by Gasteiger charge is -2.17. The first-order valence-electron chi connectivity index (χ1n) is 10.3. The number of phenolic OH excluding ortho intramolecular Hbond substituents is 1. The van der Waals surface area contributed by atoms with Gasteiger partial charge in [0.25, 0.3) is 0 Å². The molecule has 1 atom stereocenters. The predicted octanol–water partition coefficient (Wildman–Crippen LogP) is 5.49. The van der Waals surface area contributed by atoms with E-state index in [2.05, 4.69) is 9.97 Å². The standard InChI is InChI=1S/C24H17Cl3N4O5/c25-11-6-13(20(27)16(26)7-11)14-3-10(12(24(35)36)8-19(32)33)4-15(21(14)34)23-30-17-2-1-9(22(28)29)5-18(17)31-23/h1-7,12,34H,8H2,(H3,28,29)(H,30,31)(H,32,33)(H,35,36). The van der Waals surface area contributed by atoms with E-state index in [1.165, 1.54) is 24.3 Å². The molecule has 4 aromatic rings. The Morgan fingerprint density at radius 1 is 1.03 bits per heavy atom. The molecule has 12 heteroatoms. The molecule has 1 aromatic heterocycles. The monoisotopic (exact) mass is 546 g/mol. The maximum Gasteiger partial charge on any atom is 0.311 e. The Balaban J connectivity index is 2.02. The van der Waals surface area contributed by atoms with Crippen molar-refractivity contribution in [2.75, 3.05) is 0 Å². The zero-order chi connectivity index (χ0) is 26.3. The van der Waals surface area contributed by atoms with Crippen LogP contribution in [0.4, 0.5) is 0 Å². The summed E-state index contributed by atoms with van der Waals surface area (Å²) >= 11 is 18.7. The number of nitrogens with two attached hydrogens (primary N) is 1. The lowest BCUT2D eigenvalue weighted by Crippen LogP contribution is -2.16. The van der Waals surface area contributed by atoms with Crippen LogP contribution in [0.1, 0.15) is 23.5 Å². The number of nitrogens with zero attached hydrogens (tertiary/aromatic N) is 1. The SMILES string of the molecule is N=C(N)c1ccc2[nH]c(-c3cc(C(CC(=O)O)C(=O)O)cc(-c4cc(Cl)cc(Cl)c4Cl)c3O)nc2c1. The summed E-state index contributed by atoms with van der Waals surface area (Å²) in [4.78, 5) is 30.9. The minimum absolute atomic E-state index is 0.0558. The van der Waals surface area contributed by atoms with Gasteiger partial charge in [0.15, 0.2) is 0 Å². The molecule has 0 saturated carbocycles. The number of fused-ring (bicyclic) bond motifs is 1. The van der Waals surface area contributed by atoms with Crippen molar-refractivity contribution in [2.45, 2.75) is 12.3 Å². The second kappa shape index (κ2) is 9.69. The first-order valence-corrected chi connectivity index (χ1v) is 11.4. The van der Waals surface area contributed by atoms with Crippen molar-refractivity contribution in [3.8, 4) is 28.3 Å². The summed E-state index contributed by atoms with van der Waals surface area (Å²) in [6.45, 7) is 0. The summed E-state index contributed by atoms with van der Waals surface area (Å²) in [5.41, 5.74) is 7.47. The highest BCUT2D eigenvalue weighted by Crippen LogP contribution is 2.45. The van der Waals surface area contributed by atoms with Gasteiger partial charge >= 0.3 is 11.9 Å². The number of H-pyrrole nitrogens is 1. The van der Waals surface area contributed by atoms with Gasteiger partial charge in [0.1, 0.15) is 17.4 Å². The van der Waals surface area contributed by atoms with Crippen molar-refractivity contribution in [3.05, 3.63) is 68.7 Å². The van der Waals surface area contributed by atoms with E-state index >= 15 is 0 Å². The number of carboxylic acids is 2. The van der Waals surface area contributed by atoms with Crippen LogP contribution in [0.5, 0.6) is 5.75 Å². The van der Waals surface area contributed by atoms with Gasteiger partial charge in [-0.2, -0.15) is 0 Å². The zero-order valence-electron chi connectivity index (χ0n) is 18.1. The molecule has 3 aromatic carbocycles. The van der Waals surface area contributed by atoms with Gasteiger partial charge in [-0.05, 0) is 48.0 Å². The molecule has 7 N–H and O–H groups in total. The number of aromatic hydroxyl groups is 1. The van der Waals surface area contributed by atoms with Crippen LogP contribution < -0.4 is 5.73 Å². The van der Waals surface area contributed by atoms with E-state index in [-0.39, 0.29) is 54.7 Å². The zero-order valence-corrected chi connectivity index (χ0v) is 20.4. The predicted molar refractivity (Wildman–Crippen MR) is 137 cm³/mol. The minimum atomic E-state index is -1.44. The lowest BCUT2D eigenvalue weighted by atomic mass is 9.89. The van der Waals surface area contributed by atoms with Crippen LogP contribution in [-0.2, 0) is 9.59 Å². The van der Waals surface area contributed by atoms with E-state index < -0.39 is 24.3 Å². The van der Waals surface area contributed by atoms with E-state index in [0.717, 1.165) is 0 Å². The molecular formula is C24H17Cl3N4O5. The Morgan fingerprint density at radius 2 is 1.72 bits per heavy atom. The number of hydrogen-bond acceptors (Lipinski definition) is 5. The molecule has 0 aliphatic carbocycles. The van der Waals surface area contributed by atoms with Crippen molar-refractivity contribution < 1.29 is 24.9 Å². The molecule has 36 heavy (non-hydrogen) atoms. The molecule has 0 radical (unpaired) electrons. The second-order valence-corrected chi connectivity index (χ2v) is 9.16. The fourth-order valence-corrected chi connectivity index (χ4v) is 4.52. The van der Waals surface area contributed by atoms with E-state index in [1.54, 1.807) is 18.2 Å². The number of imidazole rings is 1. The van der Waals surface area contributed by atoms with Gasteiger partial charge in [0.05, 0.1) is 39.0 Å². The number of nitrogen functional groups attached to an aromatic ring is 1. The van der Waals surface area contributed by atoms with Gasteiger partial charge in [0, 0.05) is 21.7 Å². The molecule has 0 spiro atoms. The largest absolute Gasteiger partial charge is 0.507 e. The first kappa shape index (κ1) is 25.3. The van der Waals surface area contributed by atoms with Gasteiger partial charge < -0.3 is 26.0 Å². The molecule has 0 fully saturated rings. The molecule has 1 heterocycles. The molecule has 1 unspecified atom stereocenters. The van der Waals surface area contributed by atoms with Crippen molar-refractivity contribution in [1.29, 1.82) is 5.41 Å². The molecule has 0 amide bonds. The number of amidine groups is 1. The maximum atomic E-state index is 12.0. The molecule has 0 aliphatic heterocycles. The number of phenols is 1. The Morgan fingerprint density at radius 3 is 2.36 bits per heavy atom. The number of aromatic amines is 1.